The number of hydrogen-bond acceptors (Lipinski definition) is 3. The van der Waals surface area contributed by atoms with Gasteiger partial charge in [0.1, 0.15) is 12.3 Å². The van der Waals surface area contributed by atoms with Crippen LogP contribution in [0.3, 0.4) is 0 Å². The van der Waals surface area contributed by atoms with Crippen molar-refractivity contribution in [3.63, 3.8) is 0 Å². The van der Waals surface area contributed by atoms with Gasteiger partial charge in [-0.1, -0.05) is 13.3 Å². The molecule has 1 saturated carbocycles. The molecule has 1 aromatic rings. The van der Waals surface area contributed by atoms with E-state index < -0.39 is 5.91 Å². The number of nitrogens with two attached hydrogens (primary N) is 1. The molecule has 22 heavy (non-hydrogen) atoms. The van der Waals surface area contributed by atoms with Gasteiger partial charge in [-0.15, -0.1) is 0 Å². The fraction of sp³-hybridized carbons (Fsp3) is 0.625. The number of amides is 1. The second-order valence-corrected chi connectivity index (χ2v) is 5.89. The van der Waals surface area contributed by atoms with E-state index in [9.17, 15) is 4.79 Å². The van der Waals surface area contributed by atoms with Crippen LogP contribution < -0.4 is 16.4 Å². The Labute approximate surface area is 131 Å². The molecule has 6 nitrogen and oxygen atoms in total. The third kappa shape index (κ3) is 4.02. The lowest BCUT2D eigenvalue weighted by Gasteiger charge is -2.41. The van der Waals surface area contributed by atoms with Gasteiger partial charge in [0.05, 0.1) is 0 Å². The molecule has 1 aliphatic rings. The van der Waals surface area contributed by atoms with Gasteiger partial charge in [0, 0.05) is 13.1 Å². The number of primary amides is 1. The molecule has 0 spiro atoms. The van der Waals surface area contributed by atoms with Crippen molar-refractivity contribution in [2.45, 2.75) is 46.1 Å². The van der Waals surface area contributed by atoms with Gasteiger partial charge in [0.2, 0.25) is 0 Å². The van der Waals surface area contributed by atoms with Crippen molar-refractivity contribution >= 4 is 11.9 Å². The Balaban J connectivity index is 1.92. The van der Waals surface area contributed by atoms with Gasteiger partial charge in [-0.05, 0) is 43.7 Å². The van der Waals surface area contributed by atoms with Crippen molar-refractivity contribution in [2.24, 2.45) is 16.1 Å². The van der Waals surface area contributed by atoms with E-state index in [1.807, 2.05) is 6.92 Å². The van der Waals surface area contributed by atoms with Gasteiger partial charge < -0.3 is 20.8 Å². The Morgan fingerprint density at radius 3 is 2.64 bits per heavy atom. The summed E-state index contributed by atoms with van der Waals surface area (Å²) in [5, 5.41) is 6.65. The molecule has 0 aromatic carbocycles. The van der Waals surface area contributed by atoms with E-state index in [0.29, 0.717) is 17.7 Å². The Morgan fingerprint density at radius 2 is 2.14 bits per heavy atom. The highest BCUT2D eigenvalue weighted by Gasteiger charge is 2.34. The van der Waals surface area contributed by atoms with Crippen molar-refractivity contribution in [3.8, 4) is 0 Å². The zero-order valence-electron chi connectivity index (χ0n) is 13.4. The molecule has 1 aliphatic carbocycles. The highest BCUT2D eigenvalue weighted by molar-refractivity contribution is 5.89. The van der Waals surface area contributed by atoms with Gasteiger partial charge >= 0.3 is 0 Å². The van der Waals surface area contributed by atoms with Crippen LogP contribution in [0.15, 0.2) is 21.5 Å². The largest absolute Gasteiger partial charge is 0.454 e. The summed E-state index contributed by atoms with van der Waals surface area (Å²) in [7, 11) is 0. The van der Waals surface area contributed by atoms with Gasteiger partial charge in [0.15, 0.2) is 11.7 Å². The van der Waals surface area contributed by atoms with Crippen LogP contribution in [0, 0.1) is 5.41 Å². The van der Waals surface area contributed by atoms with Gasteiger partial charge in [-0.25, -0.2) is 4.99 Å². The molecule has 1 amide bonds. The van der Waals surface area contributed by atoms with Crippen molar-refractivity contribution in [1.82, 2.24) is 10.6 Å². The van der Waals surface area contributed by atoms with E-state index in [0.717, 1.165) is 19.0 Å². The van der Waals surface area contributed by atoms with Crippen molar-refractivity contribution in [2.75, 3.05) is 13.1 Å². The monoisotopic (exact) mass is 306 g/mol. The summed E-state index contributed by atoms with van der Waals surface area (Å²) < 4.78 is 5.34. The van der Waals surface area contributed by atoms with Crippen LogP contribution in [0.4, 0.5) is 0 Å². The maximum Gasteiger partial charge on any atom is 0.284 e. The van der Waals surface area contributed by atoms with Crippen molar-refractivity contribution < 1.29 is 9.21 Å². The molecule has 6 heteroatoms. The molecule has 0 aliphatic heterocycles. The first kappa shape index (κ1) is 16.4. The lowest BCUT2D eigenvalue weighted by Crippen LogP contribution is -2.46. The molecule has 0 saturated heterocycles. The van der Waals surface area contributed by atoms with E-state index in [4.69, 9.17) is 10.2 Å². The average molecular weight is 306 g/mol. The Kier molecular flexibility index (Phi) is 5.46. The number of furan rings is 1. The smallest absolute Gasteiger partial charge is 0.284 e. The quantitative estimate of drug-likeness (QED) is 0.531. The lowest BCUT2D eigenvalue weighted by molar-refractivity contribution is 0.0972. The summed E-state index contributed by atoms with van der Waals surface area (Å²) in [5.41, 5.74) is 5.60. The summed E-state index contributed by atoms with van der Waals surface area (Å²) in [6, 6.07) is 3.31. The minimum absolute atomic E-state index is 0.169. The zero-order chi connectivity index (χ0) is 16.0. The minimum atomic E-state index is -0.560. The number of carbonyl (C=O) groups is 1. The second-order valence-electron chi connectivity index (χ2n) is 5.89. The normalized spacial score (nSPS) is 16.9. The number of carbonyl (C=O) groups excluding carboxylic acids is 1. The minimum Gasteiger partial charge on any atom is -0.454 e. The van der Waals surface area contributed by atoms with E-state index in [2.05, 4.69) is 22.5 Å². The molecule has 0 atom stereocenters. The van der Waals surface area contributed by atoms with Gasteiger partial charge in [-0.3, -0.25) is 4.79 Å². The fourth-order valence-corrected chi connectivity index (χ4v) is 2.70. The number of rotatable bonds is 7. The number of hydrogen-bond donors (Lipinski definition) is 3. The predicted molar refractivity (Wildman–Crippen MR) is 86.6 cm³/mol. The Bertz CT molecular complexity index is 526. The van der Waals surface area contributed by atoms with Crippen LogP contribution in [0.5, 0.6) is 0 Å². The molecule has 2 rings (SSSR count). The summed E-state index contributed by atoms with van der Waals surface area (Å²) in [5.74, 6) is 1.01. The first-order chi connectivity index (χ1) is 10.6. The van der Waals surface area contributed by atoms with E-state index >= 15 is 0 Å². The number of aliphatic imine (C=N–C) groups is 1. The fourth-order valence-electron chi connectivity index (χ4n) is 2.70. The maximum absolute atomic E-state index is 11.0. The topological polar surface area (TPSA) is 92.6 Å². The third-order valence-corrected chi connectivity index (χ3v) is 4.44. The summed E-state index contributed by atoms with van der Waals surface area (Å²) in [4.78, 5) is 15.5. The summed E-state index contributed by atoms with van der Waals surface area (Å²) >= 11 is 0. The highest BCUT2D eigenvalue weighted by Crippen LogP contribution is 2.42. The molecule has 0 bridgehead atoms. The first-order valence-electron chi connectivity index (χ1n) is 7.99. The highest BCUT2D eigenvalue weighted by atomic mass is 16.3. The van der Waals surface area contributed by atoms with Crippen LogP contribution in [-0.2, 0) is 6.54 Å². The molecule has 122 valence electrons. The Hall–Kier alpha value is -1.98. The summed E-state index contributed by atoms with van der Waals surface area (Å²) in [6.07, 6.45) is 5.09. The molecule has 1 fully saturated rings. The van der Waals surface area contributed by atoms with Crippen LogP contribution in [0.25, 0.3) is 0 Å². The number of nitrogens with one attached hydrogen (secondary N) is 2. The zero-order valence-corrected chi connectivity index (χ0v) is 13.4. The molecule has 0 unspecified atom stereocenters. The number of guanidine groups is 1. The van der Waals surface area contributed by atoms with Crippen LogP contribution >= 0.6 is 0 Å². The van der Waals surface area contributed by atoms with Crippen molar-refractivity contribution in [1.29, 1.82) is 0 Å². The maximum atomic E-state index is 11.0. The van der Waals surface area contributed by atoms with Crippen LogP contribution in [0.1, 0.15) is 55.8 Å². The molecule has 1 heterocycles. The van der Waals surface area contributed by atoms with E-state index in [-0.39, 0.29) is 5.76 Å². The molecule has 1 aromatic heterocycles. The molecule has 4 N–H and O–H groups in total. The third-order valence-electron chi connectivity index (χ3n) is 4.44. The first-order valence-corrected chi connectivity index (χ1v) is 7.99. The summed E-state index contributed by atoms with van der Waals surface area (Å²) in [6.45, 7) is 6.41. The van der Waals surface area contributed by atoms with Gasteiger partial charge in [-0.2, -0.15) is 0 Å². The van der Waals surface area contributed by atoms with Gasteiger partial charge in [0.25, 0.3) is 5.91 Å². The van der Waals surface area contributed by atoms with E-state index in [1.54, 1.807) is 12.1 Å². The van der Waals surface area contributed by atoms with Crippen LogP contribution in [0.2, 0.25) is 0 Å². The predicted octanol–water partition coefficient (Wildman–Crippen LogP) is 2.01. The van der Waals surface area contributed by atoms with Crippen LogP contribution in [-0.4, -0.2) is 25.0 Å². The second kappa shape index (κ2) is 7.33. The molecular formula is C16H26N4O2. The standard InChI is InChI=1S/C16H26N4O2/c1-3-16(8-5-9-16)11-20-15(18-4-2)19-10-12-6-7-13(22-12)14(17)21/h6-7H,3-5,8-11H2,1-2H3,(H2,17,21)(H2,18,19,20). The van der Waals surface area contributed by atoms with Crippen molar-refractivity contribution in [3.05, 3.63) is 23.7 Å². The lowest BCUT2D eigenvalue weighted by atomic mass is 9.67. The Morgan fingerprint density at radius 1 is 1.36 bits per heavy atom. The number of nitrogens with zero attached hydrogens (tertiary/aromatic N) is 1. The molecular weight excluding hydrogens is 280 g/mol. The molecule has 0 radical (unpaired) electrons. The van der Waals surface area contributed by atoms with E-state index in [1.165, 1.54) is 25.7 Å². The SMILES string of the molecule is CCNC(=NCc1ccc(C(N)=O)o1)NCC1(CC)CCC1. The average Bonchev–Trinajstić information content (AvgIpc) is 2.93.